The van der Waals surface area contributed by atoms with Gasteiger partial charge in [-0.05, 0) is 12.5 Å². The van der Waals surface area contributed by atoms with Gasteiger partial charge in [0.2, 0.25) is 0 Å². The average molecular weight is 228 g/mol. The molecule has 0 saturated heterocycles. The van der Waals surface area contributed by atoms with Crippen LogP contribution in [0.3, 0.4) is 0 Å². The van der Waals surface area contributed by atoms with Gasteiger partial charge >= 0.3 is 0 Å². The SMILES string of the molecule is OCCC(O)CSN=Nc1ncccn1. The lowest BCUT2D eigenvalue weighted by Crippen LogP contribution is -2.10. The van der Waals surface area contributed by atoms with Crippen molar-refractivity contribution in [2.75, 3.05) is 12.4 Å². The van der Waals surface area contributed by atoms with Crippen LogP contribution in [-0.2, 0) is 0 Å². The molecule has 82 valence electrons. The number of aromatic nitrogens is 2. The second kappa shape index (κ2) is 7.27. The summed E-state index contributed by atoms with van der Waals surface area (Å²) in [6.45, 7) is -0.0271. The molecule has 0 aliphatic rings. The van der Waals surface area contributed by atoms with Gasteiger partial charge in [0, 0.05) is 36.7 Å². The molecule has 1 atom stereocenters. The molecule has 0 spiro atoms. The van der Waals surface area contributed by atoms with Crippen LogP contribution in [0.4, 0.5) is 5.95 Å². The normalized spacial score (nSPS) is 13.2. The number of hydrogen-bond donors (Lipinski definition) is 2. The number of nitrogens with zero attached hydrogens (tertiary/aromatic N) is 4. The van der Waals surface area contributed by atoms with E-state index >= 15 is 0 Å². The van der Waals surface area contributed by atoms with Crippen LogP contribution in [0.5, 0.6) is 0 Å². The molecule has 0 aromatic carbocycles. The van der Waals surface area contributed by atoms with Crippen molar-refractivity contribution in [2.45, 2.75) is 12.5 Å². The van der Waals surface area contributed by atoms with Crippen molar-refractivity contribution >= 4 is 17.9 Å². The van der Waals surface area contributed by atoms with Gasteiger partial charge in [-0.15, -0.1) is 9.63 Å². The molecule has 2 N–H and O–H groups in total. The third kappa shape index (κ3) is 5.40. The number of aliphatic hydroxyl groups is 2. The fourth-order valence-corrected chi connectivity index (χ4v) is 1.30. The monoisotopic (exact) mass is 228 g/mol. The second-order valence-corrected chi connectivity index (χ2v) is 3.45. The van der Waals surface area contributed by atoms with Crippen molar-refractivity contribution in [2.24, 2.45) is 9.63 Å². The average Bonchev–Trinajstić information content (AvgIpc) is 2.26. The lowest BCUT2D eigenvalue weighted by atomic mass is 10.3. The van der Waals surface area contributed by atoms with E-state index in [9.17, 15) is 5.11 Å². The zero-order chi connectivity index (χ0) is 10.9. The van der Waals surface area contributed by atoms with Gasteiger partial charge in [-0.2, -0.15) is 0 Å². The van der Waals surface area contributed by atoms with E-state index in [4.69, 9.17) is 5.11 Å². The van der Waals surface area contributed by atoms with Crippen LogP contribution in [-0.4, -0.2) is 38.6 Å². The maximum Gasteiger partial charge on any atom is 0.269 e. The van der Waals surface area contributed by atoms with E-state index in [0.29, 0.717) is 18.1 Å². The van der Waals surface area contributed by atoms with Gasteiger partial charge in [0.25, 0.3) is 5.95 Å². The summed E-state index contributed by atoms with van der Waals surface area (Å²) in [7, 11) is 0. The van der Waals surface area contributed by atoms with Crippen LogP contribution in [0.15, 0.2) is 28.1 Å². The molecule has 0 aliphatic heterocycles. The maximum absolute atomic E-state index is 9.23. The van der Waals surface area contributed by atoms with Crippen molar-refractivity contribution < 1.29 is 10.2 Å². The molecule has 7 heteroatoms. The zero-order valence-electron chi connectivity index (χ0n) is 8.02. The summed E-state index contributed by atoms with van der Waals surface area (Å²) in [5.41, 5.74) is 0. The number of hydrogen-bond acceptors (Lipinski definition) is 7. The molecular formula is C8H12N4O2S. The maximum atomic E-state index is 9.23. The van der Waals surface area contributed by atoms with Crippen LogP contribution in [0.1, 0.15) is 6.42 Å². The van der Waals surface area contributed by atoms with E-state index < -0.39 is 6.10 Å². The molecule has 1 heterocycles. The first-order valence-electron chi connectivity index (χ1n) is 4.42. The smallest absolute Gasteiger partial charge is 0.269 e. The van der Waals surface area contributed by atoms with Crippen LogP contribution >= 0.6 is 11.9 Å². The molecular weight excluding hydrogens is 216 g/mol. The Kier molecular flexibility index (Phi) is 5.83. The molecule has 0 bridgehead atoms. The Morgan fingerprint density at radius 1 is 1.40 bits per heavy atom. The minimum absolute atomic E-state index is 0.0271. The highest BCUT2D eigenvalue weighted by Gasteiger charge is 2.02. The first-order chi connectivity index (χ1) is 7.33. The third-order valence-corrected chi connectivity index (χ3v) is 2.20. The van der Waals surface area contributed by atoms with Crippen molar-refractivity contribution in [3.63, 3.8) is 0 Å². The molecule has 0 saturated carbocycles. The standard InChI is InChI=1S/C8H12N4O2S/c13-5-2-7(14)6-15-12-11-8-9-3-1-4-10-8/h1,3-4,7,13-14H,2,5-6H2. The first kappa shape index (κ1) is 12.0. The van der Waals surface area contributed by atoms with Gasteiger partial charge in [-0.3, -0.25) is 0 Å². The van der Waals surface area contributed by atoms with Crippen molar-refractivity contribution in [1.82, 2.24) is 9.97 Å². The summed E-state index contributed by atoms with van der Waals surface area (Å²) in [5.74, 6) is 0.693. The van der Waals surface area contributed by atoms with Gasteiger partial charge in [0.05, 0.1) is 6.10 Å². The summed E-state index contributed by atoms with van der Waals surface area (Å²) in [4.78, 5) is 7.69. The van der Waals surface area contributed by atoms with Gasteiger partial charge in [-0.1, -0.05) is 0 Å². The molecule has 0 aliphatic carbocycles. The van der Waals surface area contributed by atoms with Gasteiger partial charge in [-0.25, -0.2) is 9.97 Å². The van der Waals surface area contributed by atoms with Gasteiger partial charge in [0.1, 0.15) is 0 Å². The largest absolute Gasteiger partial charge is 0.396 e. The Hall–Kier alpha value is -1.05. The van der Waals surface area contributed by atoms with Crippen molar-refractivity contribution in [3.05, 3.63) is 18.5 Å². The van der Waals surface area contributed by atoms with Gasteiger partial charge in [0.15, 0.2) is 0 Å². The molecule has 6 nitrogen and oxygen atoms in total. The summed E-state index contributed by atoms with van der Waals surface area (Å²) in [5, 5.41) is 21.5. The van der Waals surface area contributed by atoms with E-state index in [1.807, 2.05) is 0 Å². The van der Waals surface area contributed by atoms with Crippen LogP contribution < -0.4 is 0 Å². The summed E-state index contributed by atoms with van der Waals surface area (Å²) in [6, 6.07) is 1.69. The molecule has 0 amide bonds. The third-order valence-electron chi connectivity index (χ3n) is 1.47. The number of aliphatic hydroxyl groups excluding tert-OH is 2. The van der Waals surface area contributed by atoms with Crippen molar-refractivity contribution in [1.29, 1.82) is 0 Å². The minimum atomic E-state index is -0.560. The van der Waals surface area contributed by atoms with Gasteiger partial charge < -0.3 is 10.2 Å². The predicted molar refractivity (Wildman–Crippen MR) is 56.7 cm³/mol. The van der Waals surface area contributed by atoms with E-state index in [0.717, 1.165) is 11.9 Å². The van der Waals surface area contributed by atoms with E-state index in [2.05, 4.69) is 19.6 Å². The highest BCUT2D eigenvalue weighted by Crippen LogP contribution is 2.10. The molecule has 0 fully saturated rings. The molecule has 1 rings (SSSR count). The molecule has 1 aromatic rings. The quantitative estimate of drug-likeness (QED) is 0.558. The molecule has 1 unspecified atom stereocenters. The van der Waals surface area contributed by atoms with Crippen LogP contribution in [0.2, 0.25) is 0 Å². The summed E-state index contributed by atoms with van der Waals surface area (Å²) < 4.78 is 3.74. The molecule has 15 heavy (non-hydrogen) atoms. The Morgan fingerprint density at radius 3 is 2.80 bits per heavy atom. The molecule has 1 aromatic heterocycles. The lowest BCUT2D eigenvalue weighted by molar-refractivity contribution is 0.152. The Balaban J connectivity index is 2.23. The Labute approximate surface area is 91.6 Å². The van der Waals surface area contributed by atoms with E-state index in [1.165, 1.54) is 0 Å². The highest BCUT2D eigenvalue weighted by atomic mass is 32.2. The fraction of sp³-hybridized carbons (Fsp3) is 0.500. The fourth-order valence-electron chi connectivity index (χ4n) is 0.760. The first-order valence-corrected chi connectivity index (χ1v) is 5.36. The summed E-state index contributed by atoms with van der Waals surface area (Å²) in [6.07, 6.45) is 2.94. The zero-order valence-corrected chi connectivity index (χ0v) is 8.84. The Bertz CT molecular complexity index is 296. The second-order valence-electron chi connectivity index (χ2n) is 2.69. The minimum Gasteiger partial charge on any atom is -0.396 e. The molecule has 0 radical (unpaired) electrons. The van der Waals surface area contributed by atoms with E-state index in [1.54, 1.807) is 18.5 Å². The van der Waals surface area contributed by atoms with Crippen LogP contribution in [0, 0.1) is 0 Å². The number of rotatable bonds is 6. The summed E-state index contributed by atoms with van der Waals surface area (Å²) >= 11 is 1.11. The van der Waals surface area contributed by atoms with Crippen molar-refractivity contribution in [3.8, 4) is 0 Å². The predicted octanol–water partition coefficient (Wildman–Crippen LogP) is 0.952. The van der Waals surface area contributed by atoms with Crippen LogP contribution in [0.25, 0.3) is 0 Å². The lowest BCUT2D eigenvalue weighted by Gasteiger charge is -2.03. The highest BCUT2D eigenvalue weighted by molar-refractivity contribution is 7.97. The topological polar surface area (TPSA) is 91.0 Å². The van der Waals surface area contributed by atoms with E-state index in [-0.39, 0.29) is 6.61 Å². The Morgan fingerprint density at radius 2 is 2.13 bits per heavy atom.